The summed E-state index contributed by atoms with van der Waals surface area (Å²) in [6.07, 6.45) is 0.0475. The Balaban J connectivity index is 1.64. The molecule has 2 aliphatic heterocycles. The van der Waals surface area contributed by atoms with Crippen molar-refractivity contribution in [2.75, 3.05) is 26.8 Å². The van der Waals surface area contributed by atoms with E-state index < -0.39 is 6.10 Å². The molecular formula is C15H20N2O4. The molecule has 1 fully saturated rings. The maximum absolute atomic E-state index is 12.3. The zero-order chi connectivity index (χ0) is 14.8. The number of rotatable bonds is 3. The third kappa shape index (κ3) is 3.11. The van der Waals surface area contributed by atoms with Crippen molar-refractivity contribution < 1.29 is 19.4 Å². The first kappa shape index (κ1) is 14.2. The molecule has 1 saturated heterocycles. The van der Waals surface area contributed by atoms with Gasteiger partial charge in [0.2, 0.25) is 5.91 Å². The molecule has 2 heterocycles. The highest BCUT2D eigenvalue weighted by atomic mass is 16.6. The fourth-order valence-electron chi connectivity index (χ4n) is 2.71. The van der Waals surface area contributed by atoms with Crippen LogP contribution in [0.1, 0.15) is 12.0 Å². The van der Waals surface area contributed by atoms with Gasteiger partial charge in [-0.25, -0.2) is 0 Å². The van der Waals surface area contributed by atoms with E-state index in [4.69, 9.17) is 9.47 Å². The molecule has 2 N–H and O–H groups in total. The number of carbonyl (C=O) groups is 1. The number of aliphatic hydroxyl groups is 1. The lowest BCUT2D eigenvalue weighted by molar-refractivity contribution is -0.132. The van der Waals surface area contributed by atoms with E-state index in [0.29, 0.717) is 32.7 Å². The van der Waals surface area contributed by atoms with Gasteiger partial charge in [0.05, 0.1) is 12.1 Å². The number of hydrogen-bond acceptors (Lipinski definition) is 5. The van der Waals surface area contributed by atoms with Crippen molar-refractivity contribution in [2.45, 2.75) is 25.1 Å². The van der Waals surface area contributed by atoms with Crippen molar-refractivity contribution in [3.63, 3.8) is 0 Å². The molecule has 6 heteroatoms. The van der Waals surface area contributed by atoms with Crippen LogP contribution in [0, 0.1) is 0 Å². The number of β-amino-alcohol motifs (C(OH)–C–C–N with tert-alkyl or cyclic N) is 1. The van der Waals surface area contributed by atoms with E-state index in [2.05, 4.69) is 5.32 Å². The first-order valence-electron chi connectivity index (χ1n) is 7.18. The molecule has 0 aromatic heterocycles. The van der Waals surface area contributed by atoms with E-state index in [0.717, 1.165) is 17.1 Å². The summed E-state index contributed by atoms with van der Waals surface area (Å²) in [4.78, 5) is 13.9. The summed E-state index contributed by atoms with van der Waals surface area (Å²) in [6, 6.07) is 5.44. The van der Waals surface area contributed by atoms with Crippen LogP contribution in [0.25, 0.3) is 0 Å². The summed E-state index contributed by atoms with van der Waals surface area (Å²) in [5.74, 6) is 1.48. The molecule has 3 rings (SSSR count). The van der Waals surface area contributed by atoms with Gasteiger partial charge in [-0.05, 0) is 24.1 Å². The first-order chi connectivity index (χ1) is 10.1. The Kier molecular flexibility index (Phi) is 3.98. The van der Waals surface area contributed by atoms with E-state index >= 15 is 0 Å². The molecule has 21 heavy (non-hydrogen) atoms. The molecule has 6 nitrogen and oxygen atoms in total. The number of hydrogen-bond donors (Lipinski definition) is 2. The van der Waals surface area contributed by atoms with Gasteiger partial charge in [0.1, 0.15) is 13.2 Å². The van der Waals surface area contributed by atoms with Gasteiger partial charge in [0.25, 0.3) is 0 Å². The Morgan fingerprint density at radius 1 is 1.38 bits per heavy atom. The molecule has 0 radical (unpaired) electrons. The third-order valence-electron chi connectivity index (χ3n) is 3.81. The lowest BCUT2D eigenvalue weighted by Crippen LogP contribution is -2.41. The van der Waals surface area contributed by atoms with Crippen LogP contribution in [-0.2, 0) is 11.3 Å². The molecule has 1 aromatic rings. The number of nitrogens with one attached hydrogen (secondary N) is 1. The quantitative estimate of drug-likeness (QED) is 0.829. The van der Waals surface area contributed by atoms with E-state index in [1.54, 1.807) is 11.9 Å². The topological polar surface area (TPSA) is 71.0 Å². The molecule has 1 amide bonds. The van der Waals surface area contributed by atoms with Crippen LogP contribution in [-0.4, -0.2) is 54.9 Å². The predicted molar refractivity (Wildman–Crippen MR) is 76.3 cm³/mol. The summed E-state index contributed by atoms with van der Waals surface area (Å²) in [5.41, 5.74) is 0.994. The van der Waals surface area contributed by atoms with Crippen molar-refractivity contribution >= 4 is 5.91 Å². The van der Waals surface area contributed by atoms with Crippen molar-refractivity contribution in [1.29, 1.82) is 0 Å². The van der Waals surface area contributed by atoms with Gasteiger partial charge in [0, 0.05) is 20.1 Å². The fourth-order valence-corrected chi connectivity index (χ4v) is 2.71. The van der Waals surface area contributed by atoms with Gasteiger partial charge in [-0.1, -0.05) is 6.07 Å². The molecule has 2 atom stereocenters. The molecule has 0 spiro atoms. The van der Waals surface area contributed by atoms with Crippen LogP contribution in [0.15, 0.2) is 18.2 Å². The van der Waals surface area contributed by atoms with Gasteiger partial charge in [-0.3, -0.25) is 4.79 Å². The Labute approximate surface area is 123 Å². The number of benzene rings is 1. The maximum Gasteiger partial charge on any atom is 0.239 e. The standard InChI is InChI=1S/C15H20N2O4/c1-17(15(19)12-7-11(18)8-16-12)9-10-2-3-13-14(6-10)21-5-4-20-13/h2-3,6,11-12,16,18H,4-5,7-9H2,1H3. The third-order valence-corrected chi connectivity index (χ3v) is 3.81. The molecule has 0 bridgehead atoms. The van der Waals surface area contributed by atoms with Crippen LogP contribution >= 0.6 is 0 Å². The number of ether oxygens (including phenoxy) is 2. The van der Waals surface area contributed by atoms with Gasteiger partial charge >= 0.3 is 0 Å². The average Bonchev–Trinajstić information content (AvgIpc) is 2.93. The zero-order valence-corrected chi connectivity index (χ0v) is 12.0. The Bertz CT molecular complexity index is 534. The van der Waals surface area contributed by atoms with Crippen LogP contribution < -0.4 is 14.8 Å². The lowest BCUT2D eigenvalue weighted by atomic mass is 10.1. The molecule has 0 saturated carbocycles. The van der Waals surface area contributed by atoms with E-state index in [-0.39, 0.29) is 11.9 Å². The second-order valence-electron chi connectivity index (χ2n) is 5.52. The first-order valence-corrected chi connectivity index (χ1v) is 7.18. The molecule has 2 unspecified atom stereocenters. The van der Waals surface area contributed by atoms with Crippen molar-refractivity contribution in [2.24, 2.45) is 0 Å². The minimum absolute atomic E-state index is 0.00133. The summed E-state index contributed by atoms with van der Waals surface area (Å²) in [6.45, 7) is 2.10. The zero-order valence-electron chi connectivity index (χ0n) is 12.0. The van der Waals surface area contributed by atoms with Crippen LogP contribution in [0.5, 0.6) is 11.5 Å². The molecule has 1 aromatic carbocycles. The SMILES string of the molecule is CN(Cc1ccc2c(c1)OCCO2)C(=O)C1CC(O)CN1. The van der Waals surface area contributed by atoms with E-state index in [1.165, 1.54) is 0 Å². The smallest absolute Gasteiger partial charge is 0.239 e. The van der Waals surface area contributed by atoms with Crippen molar-refractivity contribution in [1.82, 2.24) is 10.2 Å². The predicted octanol–water partition coefficient (Wildman–Crippen LogP) is 0.139. The highest BCUT2D eigenvalue weighted by Gasteiger charge is 2.30. The van der Waals surface area contributed by atoms with Gasteiger partial charge in [-0.15, -0.1) is 0 Å². The summed E-state index contributed by atoms with van der Waals surface area (Å²) in [7, 11) is 1.77. The minimum Gasteiger partial charge on any atom is -0.486 e. The largest absolute Gasteiger partial charge is 0.486 e. The molecule has 0 aliphatic carbocycles. The van der Waals surface area contributed by atoms with Crippen molar-refractivity contribution in [3.05, 3.63) is 23.8 Å². The molecule has 114 valence electrons. The Hall–Kier alpha value is -1.79. The summed E-state index contributed by atoms with van der Waals surface area (Å²) in [5, 5.41) is 12.5. The number of carbonyl (C=O) groups excluding carboxylic acids is 1. The van der Waals surface area contributed by atoms with Gasteiger partial charge in [-0.2, -0.15) is 0 Å². The van der Waals surface area contributed by atoms with Crippen LogP contribution in [0.4, 0.5) is 0 Å². The van der Waals surface area contributed by atoms with Crippen LogP contribution in [0.3, 0.4) is 0 Å². The van der Waals surface area contributed by atoms with E-state index in [1.807, 2.05) is 18.2 Å². The fraction of sp³-hybridized carbons (Fsp3) is 0.533. The second-order valence-corrected chi connectivity index (χ2v) is 5.52. The second kappa shape index (κ2) is 5.91. The minimum atomic E-state index is -0.429. The molecular weight excluding hydrogens is 272 g/mol. The number of aliphatic hydroxyl groups excluding tert-OH is 1. The number of amides is 1. The summed E-state index contributed by atoms with van der Waals surface area (Å²) < 4.78 is 11.0. The van der Waals surface area contributed by atoms with E-state index in [9.17, 15) is 9.90 Å². The maximum atomic E-state index is 12.3. The van der Waals surface area contributed by atoms with Crippen LogP contribution in [0.2, 0.25) is 0 Å². The number of likely N-dealkylation sites (N-methyl/N-ethyl adjacent to an activating group) is 1. The Morgan fingerprint density at radius 2 is 2.14 bits per heavy atom. The normalized spacial score (nSPS) is 23.9. The lowest BCUT2D eigenvalue weighted by Gasteiger charge is -2.23. The highest BCUT2D eigenvalue weighted by Crippen LogP contribution is 2.31. The Morgan fingerprint density at radius 3 is 2.86 bits per heavy atom. The van der Waals surface area contributed by atoms with Gasteiger partial charge < -0.3 is 24.8 Å². The number of nitrogens with zero attached hydrogens (tertiary/aromatic N) is 1. The van der Waals surface area contributed by atoms with Crippen molar-refractivity contribution in [3.8, 4) is 11.5 Å². The molecule has 2 aliphatic rings. The number of fused-ring (bicyclic) bond motifs is 1. The monoisotopic (exact) mass is 292 g/mol. The average molecular weight is 292 g/mol. The summed E-state index contributed by atoms with van der Waals surface area (Å²) >= 11 is 0. The van der Waals surface area contributed by atoms with Gasteiger partial charge in [0.15, 0.2) is 11.5 Å². The highest BCUT2D eigenvalue weighted by molar-refractivity contribution is 5.82.